The number of benzene rings is 2. The first-order chi connectivity index (χ1) is 16.4. The third-order valence-corrected chi connectivity index (χ3v) is 6.98. The maximum absolute atomic E-state index is 12.5. The van der Waals surface area contributed by atoms with Crippen LogP contribution in [0.1, 0.15) is 31.3 Å². The van der Waals surface area contributed by atoms with Gasteiger partial charge in [0.25, 0.3) is 0 Å². The smallest absolute Gasteiger partial charge is 0.236 e. The molecule has 4 aromatic rings. The van der Waals surface area contributed by atoms with Gasteiger partial charge in [-0.1, -0.05) is 53.7 Å². The molecule has 0 saturated carbocycles. The van der Waals surface area contributed by atoms with E-state index in [1.54, 1.807) is 6.07 Å². The Hall–Kier alpha value is -2.88. The van der Waals surface area contributed by atoms with Crippen LogP contribution < -0.4 is 10.1 Å². The second-order valence-electron chi connectivity index (χ2n) is 7.50. The van der Waals surface area contributed by atoms with Gasteiger partial charge in [0, 0.05) is 22.5 Å². The van der Waals surface area contributed by atoms with E-state index in [0.29, 0.717) is 27.7 Å². The zero-order valence-corrected chi connectivity index (χ0v) is 21.4. The fraction of sp³-hybridized carbons (Fsp3) is 0.250. The Bertz CT molecular complexity index is 1280. The van der Waals surface area contributed by atoms with Crippen LogP contribution in [-0.2, 0) is 11.3 Å². The first-order valence-electron chi connectivity index (χ1n) is 10.7. The molecule has 0 saturated heterocycles. The van der Waals surface area contributed by atoms with Gasteiger partial charge in [-0.25, -0.2) is 4.98 Å². The minimum absolute atomic E-state index is 0.146. The largest absolute Gasteiger partial charge is 0.482 e. The third kappa shape index (κ3) is 5.78. The number of rotatable bonds is 9. The summed E-state index contributed by atoms with van der Waals surface area (Å²) in [5.74, 6) is 1.50. The van der Waals surface area contributed by atoms with Crippen molar-refractivity contribution >= 4 is 45.7 Å². The van der Waals surface area contributed by atoms with Crippen LogP contribution in [0.15, 0.2) is 59.1 Å². The molecule has 1 atom stereocenters. The zero-order valence-electron chi connectivity index (χ0n) is 19.0. The normalized spacial score (nSPS) is 11.9. The van der Waals surface area contributed by atoms with Crippen LogP contribution in [0.3, 0.4) is 0 Å². The van der Waals surface area contributed by atoms with E-state index in [2.05, 4.69) is 20.5 Å². The number of thiazole rings is 1. The summed E-state index contributed by atoms with van der Waals surface area (Å²) in [5.41, 5.74) is 2.81. The maximum atomic E-state index is 12.5. The van der Waals surface area contributed by atoms with Gasteiger partial charge in [0.05, 0.1) is 11.4 Å². The number of nitrogens with one attached hydrogen (secondary N) is 1. The van der Waals surface area contributed by atoms with Crippen molar-refractivity contribution in [3.05, 3.63) is 70.3 Å². The van der Waals surface area contributed by atoms with E-state index in [0.717, 1.165) is 22.6 Å². The van der Waals surface area contributed by atoms with Crippen molar-refractivity contribution in [2.75, 3.05) is 11.1 Å². The number of anilines is 1. The zero-order chi connectivity index (χ0) is 24.1. The number of nitrogens with zero attached hydrogens (tertiary/aromatic N) is 4. The van der Waals surface area contributed by atoms with E-state index in [1.165, 1.54) is 23.1 Å². The monoisotopic (exact) mass is 513 g/mol. The molecule has 176 valence electrons. The van der Waals surface area contributed by atoms with Gasteiger partial charge in [-0.05, 0) is 44.5 Å². The molecular weight excluding hydrogens is 490 g/mol. The topological polar surface area (TPSA) is 81.9 Å². The van der Waals surface area contributed by atoms with E-state index in [9.17, 15) is 4.79 Å². The molecule has 1 amide bonds. The molecule has 7 nitrogen and oxygen atoms in total. The minimum Gasteiger partial charge on any atom is -0.482 e. The summed E-state index contributed by atoms with van der Waals surface area (Å²) in [6, 6.07) is 15.4. The van der Waals surface area contributed by atoms with Gasteiger partial charge in [0.15, 0.2) is 22.2 Å². The lowest BCUT2D eigenvalue weighted by molar-refractivity contribution is -0.113. The molecule has 0 aliphatic rings. The van der Waals surface area contributed by atoms with Crippen LogP contribution in [0, 0.1) is 6.92 Å². The highest BCUT2D eigenvalue weighted by atomic mass is 35.5. The predicted octanol–water partition coefficient (Wildman–Crippen LogP) is 6.25. The van der Waals surface area contributed by atoms with Gasteiger partial charge in [-0.3, -0.25) is 4.79 Å². The summed E-state index contributed by atoms with van der Waals surface area (Å²) < 4.78 is 8.07. The molecule has 2 heterocycles. The Morgan fingerprint density at radius 2 is 2.03 bits per heavy atom. The van der Waals surface area contributed by atoms with Crippen molar-refractivity contribution in [2.45, 2.75) is 38.6 Å². The standard InChI is InChI=1S/C24H24ClN5O2S2/c1-4-30-22(16(3)32-20-11-10-18(25)12-15(20)2)28-29-24(30)34-14-21(31)27-23-26-19(13-33-23)17-8-6-5-7-9-17/h5-13,16H,4,14H2,1-3H3,(H,26,27,31). The summed E-state index contributed by atoms with van der Waals surface area (Å²) >= 11 is 8.78. The number of carbonyl (C=O) groups is 1. The first-order valence-corrected chi connectivity index (χ1v) is 13.0. The van der Waals surface area contributed by atoms with Gasteiger partial charge in [0.2, 0.25) is 5.91 Å². The van der Waals surface area contributed by atoms with Crippen molar-refractivity contribution in [2.24, 2.45) is 0 Å². The lowest BCUT2D eigenvalue weighted by Gasteiger charge is -2.17. The van der Waals surface area contributed by atoms with Crippen molar-refractivity contribution in [3.63, 3.8) is 0 Å². The highest BCUT2D eigenvalue weighted by Gasteiger charge is 2.20. The third-order valence-electron chi connectivity index (χ3n) is 5.02. The Labute approximate surface area is 211 Å². The molecule has 0 spiro atoms. The Morgan fingerprint density at radius 3 is 2.76 bits per heavy atom. The summed E-state index contributed by atoms with van der Waals surface area (Å²) in [6.45, 7) is 6.55. The van der Waals surface area contributed by atoms with Gasteiger partial charge >= 0.3 is 0 Å². The summed E-state index contributed by atoms with van der Waals surface area (Å²) in [6.07, 6.45) is -0.317. The van der Waals surface area contributed by atoms with E-state index >= 15 is 0 Å². The Kier molecular flexibility index (Phi) is 7.87. The van der Waals surface area contributed by atoms with Crippen molar-refractivity contribution < 1.29 is 9.53 Å². The molecule has 4 rings (SSSR count). The van der Waals surface area contributed by atoms with Gasteiger partial charge < -0.3 is 14.6 Å². The number of halogens is 1. The molecule has 0 aliphatic carbocycles. The van der Waals surface area contributed by atoms with Crippen LogP contribution >= 0.6 is 34.7 Å². The molecule has 10 heteroatoms. The van der Waals surface area contributed by atoms with Gasteiger partial charge in [-0.15, -0.1) is 21.5 Å². The van der Waals surface area contributed by atoms with Crippen molar-refractivity contribution in [1.82, 2.24) is 19.7 Å². The van der Waals surface area contributed by atoms with Crippen molar-refractivity contribution in [1.29, 1.82) is 0 Å². The highest BCUT2D eigenvalue weighted by molar-refractivity contribution is 7.99. The van der Waals surface area contributed by atoms with Gasteiger partial charge in [0.1, 0.15) is 5.75 Å². The van der Waals surface area contributed by atoms with Crippen LogP contribution in [0.25, 0.3) is 11.3 Å². The SMILES string of the molecule is CCn1c(SCC(=O)Nc2nc(-c3ccccc3)cs2)nnc1C(C)Oc1ccc(Cl)cc1C. The lowest BCUT2D eigenvalue weighted by atomic mass is 10.2. The number of hydrogen-bond acceptors (Lipinski definition) is 7. The van der Waals surface area contributed by atoms with Crippen LogP contribution in [0.2, 0.25) is 5.02 Å². The molecule has 1 N–H and O–H groups in total. The maximum Gasteiger partial charge on any atom is 0.236 e. The Morgan fingerprint density at radius 1 is 1.24 bits per heavy atom. The van der Waals surface area contributed by atoms with Crippen LogP contribution in [0.4, 0.5) is 5.13 Å². The Balaban J connectivity index is 1.37. The molecule has 0 aliphatic heterocycles. The second-order valence-corrected chi connectivity index (χ2v) is 9.73. The molecule has 2 aromatic heterocycles. The quantitative estimate of drug-likeness (QED) is 0.266. The molecule has 2 aromatic carbocycles. The van der Waals surface area contributed by atoms with E-state index in [-0.39, 0.29) is 17.8 Å². The second kappa shape index (κ2) is 11.0. The lowest BCUT2D eigenvalue weighted by Crippen LogP contribution is -2.15. The average molecular weight is 514 g/mol. The fourth-order valence-electron chi connectivity index (χ4n) is 3.35. The summed E-state index contributed by atoms with van der Waals surface area (Å²) in [7, 11) is 0. The number of amides is 1. The number of ether oxygens (including phenoxy) is 1. The summed E-state index contributed by atoms with van der Waals surface area (Å²) in [4.78, 5) is 17.0. The molecule has 0 radical (unpaired) electrons. The van der Waals surface area contributed by atoms with E-state index in [4.69, 9.17) is 16.3 Å². The average Bonchev–Trinajstić information content (AvgIpc) is 3.47. The van der Waals surface area contributed by atoms with Crippen molar-refractivity contribution in [3.8, 4) is 17.0 Å². The number of aryl methyl sites for hydroxylation is 1. The number of thioether (sulfide) groups is 1. The fourth-order valence-corrected chi connectivity index (χ4v) is 5.12. The highest BCUT2D eigenvalue weighted by Crippen LogP contribution is 2.29. The number of aromatic nitrogens is 4. The van der Waals surface area contributed by atoms with Crippen LogP contribution in [0.5, 0.6) is 5.75 Å². The molecule has 0 fully saturated rings. The molecule has 0 bridgehead atoms. The first kappa shape index (κ1) is 24.3. The summed E-state index contributed by atoms with van der Waals surface area (Å²) in [5, 5.41) is 15.3. The number of carbonyl (C=O) groups excluding carboxylic acids is 1. The number of hydrogen-bond donors (Lipinski definition) is 1. The van der Waals surface area contributed by atoms with E-state index < -0.39 is 0 Å². The predicted molar refractivity (Wildman–Crippen MR) is 138 cm³/mol. The van der Waals surface area contributed by atoms with Crippen LogP contribution in [-0.4, -0.2) is 31.4 Å². The molecular formula is C24H24ClN5O2S2. The van der Waals surface area contributed by atoms with E-state index in [1.807, 2.05) is 73.2 Å². The molecule has 34 heavy (non-hydrogen) atoms. The minimum atomic E-state index is -0.317. The molecule has 1 unspecified atom stereocenters. The van der Waals surface area contributed by atoms with Gasteiger partial charge in [-0.2, -0.15) is 0 Å².